The van der Waals surface area contributed by atoms with Gasteiger partial charge in [0.25, 0.3) is 0 Å². The Kier molecular flexibility index (Phi) is 18.5. The number of nitrogens with zero attached hydrogens (tertiary/aromatic N) is 6. The molecule has 0 atom stereocenters. The molecule has 38 heteroatoms. The maximum atomic E-state index is 11.9. The minimum absolute atomic E-state index is 0. The molecule has 0 spiro atoms. The molecule has 6 aliphatic rings. The third kappa shape index (κ3) is 15.2. The third-order valence-electron chi connectivity index (χ3n) is 14.2. The number of H-pyrrole nitrogens is 6. The molecule has 9 aromatic heterocycles. The first-order valence-corrected chi connectivity index (χ1v) is 35.7. The van der Waals surface area contributed by atoms with Gasteiger partial charge in [0, 0.05) is 66.2 Å². The molecule has 98 heavy (non-hydrogen) atoms. The van der Waals surface area contributed by atoms with Crippen molar-refractivity contribution in [3.8, 4) is 0 Å². The van der Waals surface area contributed by atoms with Gasteiger partial charge in [0.05, 0.1) is 97.8 Å². The number of aromatic nitrogens is 12. The van der Waals surface area contributed by atoms with Gasteiger partial charge in [-0.15, -0.1) is 0 Å². The summed E-state index contributed by atoms with van der Waals surface area (Å²) in [6.45, 7) is 0. The summed E-state index contributed by atoms with van der Waals surface area (Å²) >= 11 is 0. The average molecular weight is 1510 g/mol. The molecule has 492 valence electrons. The molecule has 30 nitrogen and oxygen atoms in total. The summed E-state index contributed by atoms with van der Waals surface area (Å²) in [7, 11) is -32.1. The van der Waals surface area contributed by atoms with Gasteiger partial charge in [0.15, 0.2) is 0 Å². The van der Waals surface area contributed by atoms with Gasteiger partial charge in [-0.1, -0.05) is 0 Å². The number of rotatable bonds is 6. The van der Waals surface area contributed by atoms with E-state index < -0.39 is 124 Å². The van der Waals surface area contributed by atoms with Crippen LogP contribution in [0.1, 0.15) is 68.3 Å². The second-order valence-corrected chi connectivity index (χ2v) is 29.1. The smallest absolute Gasteiger partial charge is 0.744 e. The van der Waals surface area contributed by atoms with Crippen LogP contribution in [0, 0.1) is 0 Å². The molecule has 0 fully saturated rings. The van der Waals surface area contributed by atoms with Crippen molar-refractivity contribution in [2.75, 3.05) is 0 Å². The second-order valence-electron chi connectivity index (χ2n) is 21.2. The van der Waals surface area contributed by atoms with E-state index >= 15 is 0 Å². The van der Waals surface area contributed by atoms with Crippen LogP contribution in [-0.4, -0.2) is 138 Å². The molecule has 0 aromatic carbocycles. The molecular weight excluding hydrogens is 1470 g/mol. The fraction of sp³-hybridized carbons (Fsp3) is 0. The Bertz CT molecular complexity index is 5810. The van der Waals surface area contributed by atoms with Crippen molar-refractivity contribution >= 4 is 193 Å². The first-order valence-electron chi connectivity index (χ1n) is 27.3. The van der Waals surface area contributed by atoms with E-state index in [1.54, 1.807) is 109 Å². The summed E-state index contributed by atoms with van der Waals surface area (Å²) in [5.74, 6) is 0. The summed E-state index contributed by atoms with van der Waals surface area (Å²) in [5, 5.41) is 0. The Morgan fingerprint density at radius 1 is 0.204 bits per heavy atom. The van der Waals surface area contributed by atoms with Crippen molar-refractivity contribution in [3.63, 3.8) is 0 Å². The van der Waals surface area contributed by atoms with E-state index in [0.717, 1.165) is 51.3 Å². The maximum absolute atomic E-state index is 11.9. The van der Waals surface area contributed by atoms with E-state index in [2.05, 4.69) is 59.8 Å². The van der Waals surface area contributed by atoms with Gasteiger partial charge in [-0.3, -0.25) is 0 Å². The molecule has 15 heterocycles. The Morgan fingerprint density at radius 3 is 0.520 bits per heavy atom. The normalized spacial score (nSPS) is 13.9. The maximum Gasteiger partial charge on any atom is 3.00 e. The van der Waals surface area contributed by atoms with E-state index in [1.165, 1.54) is 18.2 Å². The Hall–Kier alpha value is -9.68. The van der Waals surface area contributed by atoms with E-state index in [9.17, 15) is 77.8 Å². The van der Waals surface area contributed by atoms with Gasteiger partial charge in [-0.25, -0.2) is 80.4 Å². The van der Waals surface area contributed by atoms with Crippen molar-refractivity contribution < 1.29 is 113 Å². The Labute approximate surface area is 574 Å². The first-order chi connectivity index (χ1) is 45.2. The molecule has 15 rings (SSSR count). The topological polar surface area (TPSA) is 515 Å². The van der Waals surface area contributed by atoms with E-state index in [0.29, 0.717) is 50.2 Å². The zero-order chi connectivity index (χ0) is 68.0. The minimum atomic E-state index is -5.36. The summed E-state index contributed by atoms with van der Waals surface area (Å²) in [6.07, 6.45) is 9.58. The fourth-order valence-electron chi connectivity index (χ4n) is 10.5. The monoisotopic (exact) mass is 1510 g/mol. The summed E-state index contributed by atoms with van der Waals surface area (Å²) in [6, 6.07) is 38.7. The standard InChI is InChI=1S/3C20H14N4O6S2.2Cr/c3*25-31(26,27)19-17-9-15-5-3-13(22-15)7-11-1-2-12(21-11)8-14-4-6-16(23-14)10-18(24-17)20(19)32(28,29)30;;/h3*1-10,21-22H,(H,25,26,27)(H,28,29,30);;/q;;;2*+3/p-6. The van der Waals surface area contributed by atoms with Crippen molar-refractivity contribution in [2.45, 2.75) is 0 Å². The van der Waals surface area contributed by atoms with Gasteiger partial charge in [0.2, 0.25) is 0 Å². The van der Waals surface area contributed by atoms with Crippen molar-refractivity contribution in [3.05, 3.63) is 214 Å². The summed E-state index contributed by atoms with van der Waals surface area (Å²) in [4.78, 5) is 36.4. The van der Waals surface area contributed by atoms with Crippen LogP contribution in [0.4, 0.5) is 0 Å². The predicted octanol–water partition coefficient (Wildman–Crippen LogP) is 7.20. The van der Waals surface area contributed by atoms with Crippen molar-refractivity contribution in [1.29, 1.82) is 0 Å². The molecular formula is C60H36Cr2N12O18S6. The molecule has 0 saturated carbocycles. The van der Waals surface area contributed by atoms with Crippen molar-refractivity contribution in [2.24, 2.45) is 0 Å². The molecule has 0 unspecified atom stereocenters. The fourth-order valence-corrected chi connectivity index (χ4v) is 16.5. The number of aromatic amines is 6. The molecule has 6 N–H and O–H groups in total. The van der Waals surface area contributed by atoms with Crippen LogP contribution in [0.5, 0.6) is 0 Å². The van der Waals surface area contributed by atoms with Crippen LogP contribution >= 0.6 is 0 Å². The zero-order valence-electron chi connectivity index (χ0n) is 48.6. The van der Waals surface area contributed by atoms with Gasteiger partial charge in [-0.2, -0.15) is 0 Å². The average Bonchev–Trinajstić information content (AvgIpc) is 1.61. The SMILES string of the molecule is O=S(=O)([O-])C1=C(S(=O)(=O)[O-])c2cc3ccc(cc4ccc(cc5nc(cc1n2)C=C5)[nH]4)[nH]3.O=S(=O)([O-])C1=C(S(=O)(=O)[O-])c2cc3ccc(cc4ccc(cc5nc(cc1n2)C=C5)[nH]4)[nH]3.O=S(=O)([O-])C1=C(S(=O)(=O)[O-])c2cc3ccc(cc4ccc(cc5nc(cc1n2)C=C5)[nH]4)[nH]3.[Cr+3].[Cr+3]. The van der Waals surface area contributed by atoms with Gasteiger partial charge < -0.3 is 57.2 Å². The summed E-state index contributed by atoms with van der Waals surface area (Å²) in [5.41, 5.74) is 7.11. The van der Waals surface area contributed by atoms with E-state index in [4.69, 9.17) is 0 Å². The predicted molar refractivity (Wildman–Crippen MR) is 348 cm³/mol. The largest absolute Gasteiger partial charge is 3.00 e. The van der Waals surface area contributed by atoms with Crippen LogP contribution in [0.3, 0.4) is 0 Å². The quantitative estimate of drug-likeness (QED) is 0.0896. The van der Waals surface area contributed by atoms with Crippen LogP contribution in [0.15, 0.2) is 146 Å². The minimum Gasteiger partial charge on any atom is -0.744 e. The van der Waals surface area contributed by atoms with Crippen LogP contribution < -0.4 is 0 Å². The van der Waals surface area contributed by atoms with Crippen LogP contribution in [0.2, 0.25) is 0 Å². The van der Waals surface area contributed by atoms with E-state index in [1.807, 2.05) is 36.4 Å². The number of hydrogen-bond donors (Lipinski definition) is 6. The molecule has 9 aromatic rings. The molecule has 0 saturated heterocycles. The van der Waals surface area contributed by atoms with Gasteiger partial charge >= 0.3 is 34.7 Å². The number of hydrogen-bond acceptors (Lipinski definition) is 24. The molecule has 0 amide bonds. The van der Waals surface area contributed by atoms with Crippen molar-refractivity contribution in [1.82, 2.24) is 59.8 Å². The van der Waals surface area contributed by atoms with E-state index in [-0.39, 0.29) is 51.8 Å². The molecule has 6 aliphatic heterocycles. The Morgan fingerprint density at radius 2 is 0.347 bits per heavy atom. The number of fused-ring (bicyclic) bond motifs is 24. The Balaban J connectivity index is 0.000000147. The third-order valence-corrected chi connectivity index (χ3v) is 20.1. The molecule has 24 bridgehead atoms. The van der Waals surface area contributed by atoms with Gasteiger partial charge in [0.1, 0.15) is 60.7 Å². The zero-order valence-corrected chi connectivity index (χ0v) is 56.1. The summed E-state index contributed by atoms with van der Waals surface area (Å²) < 4.78 is 215. The van der Waals surface area contributed by atoms with Gasteiger partial charge in [-0.05, 0) is 182 Å². The first kappa shape index (κ1) is 69.7. The van der Waals surface area contributed by atoms with Crippen LogP contribution in [-0.2, 0) is 95.4 Å². The molecule has 0 aliphatic carbocycles. The second kappa shape index (κ2) is 26.0. The number of nitrogens with one attached hydrogen (secondary N) is 6. The molecule has 2 radical (unpaired) electrons. The van der Waals surface area contributed by atoms with Crippen LogP contribution in [0.25, 0.3) is 132 Å².